The number of nitrogen functional groups attached to an aromatic ring is 2. The highest BCUT2D eigenvalue weighted by Gasteiger charge is 2.35. The van der Waals surface area contributed by atoms with Gasteiger partial charge in [0.05, 0.1) is 16.3 Å². The van der Waals surface area contributed by atoms with Gasteiger partial charge < -0.3 is 11.5 Å². The van der Waals surface area contributed by atoms with Crippen molar-refractivity contribution in [1.82, 2.24) is 15.0 Å². The minimum atomic E-state index is -0.0318. The zero-order chi connectivity index (χ0) is 12.2. The molecule has 2 aromatic rings. The van der Waals surface area contributed by atoms with Crippen molar-refractivity contribution in [2.45, 2.75) is 25.7 Å². The second-order valence-corrected chi connectivity index (χ2v) is 5.92. The summed E-state index contributed by atoms with van der Waals surface area (Å²) in [4.78, 5) is 13.8. The predicted molar refractivity (Wildman–Crippen MR) is 68.7 cm³/mol. The Morgan fingerprint density at radius 2 is 2.06 bits per heavy atom. The zero-order valence-electron chi connectivity index (χ0n) is 9.69. The molecule has 17 heavy (non-hydrogen) atoms. The van der Waals surface area contributed by atoms with Crippen LogP contribution in [0.4, 0.5) is 11.1 Å². The number of hydrogen-bond donors (Lipinski definition) is 2. The minimum absolute atomic E-state index is 0.0318. The van der Waals surface area contributed by atoms with E-state index in [-0.39, 0.29) is 5.41 Å². The zero-order valence-corrected chi connectivity index (χ0v) is 10.5. The fourth-order valence-corrected chi connectivity index (χ4v) is 3.30. The quantitative estimate of drug-likeness (QED) is 0.737. The number of rotatable bonds is 0. The molecule has 0 saturated heterocycles. The summed E-state index contributed by atoms with van der Waals surface area (Å²) in [5.74, 6) is 0.293. The van der Waals surface area contributed by atoms with E-state index < -0.39 is 0 Å². The van der Waals surface area contributed by atoms with Crippen LogP contribution in [0.15, 0.2) is 6.20 Å². The van der Waals surface area contributed by atoms with Gasteiger partial charge in [0.25, 0.3) is 0 Å². The normalized spacial score (nSPS) is 16.4. The second-order valence-electron chi connectivity index (χ2n) is 4.89. The maximum absolute atomic E-state index is 5.81. The Hall–Kier alpha value is -1.69. The number of nitrogens with two attached hydrogens (primary N) is 2. The molecule has 0 aliphatic heterocycles. The lowest BCUT2D eigenvalue weighted by atomic mass is 9.77. The fourth-order valence-electron chi connectivity index (χ4n) is 2.26. The van der Waals surface area contributed by atoms with Crippen LogP contribution in [-0.2, 0) is 11.8 Å². The molecule has 0 amide bonds. The third kappa shape index (κ3) is 1.48. The third-order valence-corrected chi connectivity index (χ3v) is 3.91. The lowest BCUT2D eigenvalue weighted by molar-refractivity contribution is 0.502. The Morgan fingerprint density at radius 1 is 1.29 bits per heavy atom. The highest BCUT2D eigenvalue weighted by atomic mass is 32.1. The summed E-state index contributed by atoms with van der Waals surface area (Å²) in [5, 5.41) is 0.577. The Bertz CT molecular complexity index is 602. The molecule has 6 heteroatoms. The van der Waals surface area contributed by atoms with Crippen LogP contribution in [0.1, 0.15) is 25.1 Å². The summed E-state index contributed by atoms with van der Waals surface area (Å²) in [5.41, 5.74) is 14.4. The number of fused-ring (bicyclic) bond motifs is 3. The summed E-state index contributed by atoms with van der Waals surface area (Å²) in [6.45, 7) is 4.31. The van der Waals surface area contributed by atoms with Gasteiger partial charge in [-0.2, -0.15) is 0 Å². The molecule has 0 fully saturated rings. The maximum atomic E-state index is 5.81. The molecular formula is C11H13N5S. The first-order chi connectivity index (χ1) is 7.97. The third-order valence-electron chi connectivity index (χ3n) is 3.02. The van der Waals surface area contributed by atoms with Crippen LogP contribution in [0.25, 0.3) is 10.6 Å². The van der Waals surface area contributed by atoms with E-state index >= 15 is 0 Å². The summed E-state index contributed by atoms with van der Waals surface area (Å²) in [7, 11) is 0. The maximum Gasteiger partial charge on any atom is 0.220 e. The van der Waals surface area contributed by atoms with Crippen LogP contribution >= 0.6 is 11.3 Å². The first kappa shape index (κ1) is 10.5. The fraction of sp³-hybridized carbons (Fsp3) is 0.364. The topological polar surface area (TPSA) is 90.7 Å². The first-order valence-electron chi connectivity index (χ1n) is 5.36. The molecular weight excluding hydrogens is 234 g/mol. The van der Waals surface area contributed by atoms with E-state index in [4.69, 9.17) is 11.5 Å². The Morgan fingerprint density at radius 3 is 2.82 bits per heavy atom. The monoisotopic (exact) mass is 247 g/mol. The van der Waals surface area contributed by atoms with Crippen LogP contribution in [0.2, 0.25) is 0 Å². The van der Waals surface area contributed by atoms with Crippen molar-refractivity contribution < 1.29 is 0 Å². The number of thiazole rings is 1. The summed E-state index contributed by atoms with van der Waals surface area (Å²) in [6.07, 6.45) is 2.66. The van der Waals surface area contributed by atoms with Gasteiger partial charge in [0, 0.05) is 11.6 Å². The first-order valence-corrected chi connectivity index (χ1v) is 6.17. The Kier molecular flexibility index (Phi) is 1.95. The summed E-state index contributed by atoms with van der Waals surface area (Å²) >= 11 is 1.46. The Balaban J connectivity index is 2.32. The molecule has 1 aliphatic rings. The average molecular weight is 247 g/mol. The lowest BCUT2D eigenvalue weighted by Gasteiger charge is -2.29. The molecule has 0 spiro atoms. The van der Waals surface area contributed by atoms with Gasteiger partial charge in [-0.25, -0.2) is 15.0 Å². The van der Waals surface area contributed by atoms with Crippen LogP contribution in [0, 0.1) is 0 Å². The van der Waals surface area contributed by atoms with Gasteiger partial charge in [-0.1, -0.05) is 25.2 Å². The van der Waals surface area contributed by atoms with Gasteiger partial charge in [-0.15, -0.1) is 0 Å². The van der Waals surface area contributed by atoms with Gasteiger partial charge in [0.2, 0.25) is 5.95 Å². The van der Waals surface area contributed by atoms with Crippen molar-refractivity contribution in [2.75, 3.05) is 11.5 Å². The SMILES string of the molecule is CC1(C)Cc2cnc(N)nc2-c2sc(N)nc21. The largest absolute Gasteiger partial charge is 0.375 e. The average Bonchev–Trinajstić information content (AvgIpc) is 2.63. The van der Waals surface area contributed by atoms with E-state index in [0.29, 0.717) is 11.1 Å². The molecule has 0 aromatic carbocycles. The summed E-state index contributed by atoms with van der Waals surface area (Å²) in [6, 6.07) is 0. The number of aromatic nitrogens is 3. The Labute approximate surface area is 103 Å². The molecule has 5 nitrogen and oxygen atoms in total. The molecule has 0 unspecified atom stereocenters. The van der Waals surface area contributed by atoms with E-state index in [2.05, 4.69) is 28.8 Å². The molecule has 4 N–H and O–H groups in total. The second kappa shape index (κ2) is 3.16. The standard InChI is InChI=1S/C11H13N5S/c1-11(2)3-5-4-14-9(12)15-6(5)7-8(11)16-10(13)17-7/h4H,3H2,1-2H3,(H2,13,16)(H2,12,14,15). The van der Waals surface area contributed by atoms with Crippen molar-refractivity contribution in [2.24, 2.45) is 0 Å². The van der Waals surface area contributed by atoms with E-state index in [1.165, 1.54) is 11.3 Å². The minimum Gasteiger partial charge on any atom is -0.375 e. The smallest absolute Gasteiger partial charge is 0.220 e. The number of anilines is 2. The molecule has 3 rings (SSSR count). The van der Waals surface area contributed by atoms with Crippen LogP contribution < -0.4 is 11.5 Å². The van der Waals surface area contributed by atoms with Crippen molar-refractivity contribution in [1.29, 1.82) is 0 Å². The van der Waals surface area contributed by atoms with Crippen molar-refractivity contribution in [3.63, 3.8) is 0 Å². The van der Waals surface area contributed by atoms with Gasteiger partial charge in [0.15, 0.2) is 5.13 Å². The van der Waals surface area contributed by atoms with Crippen LogP contribution in [0.5, 0.6) is 0 Å². The predicted octanol–water partition coefficient (Wildman–Crippen LogP) is 1.60. The molecule has 1 aliphatic carbocycles. The molecule has 0 saturated carbocycles. The molecule has 0 bridgehead atoms. The highest BCUT2D eigenvalue weighted by molar-refractivity contribution is 7.18. The molecule has 88 valence electrons. The van der Waals surface area contributed by atoms with E-state index in [0.717, 1.165) is 28.2 Å². The van der Waals surface area contributed by atoms with Gasteiger partial charge in [-0.3, -0.25) is 0 Å². The van der Waals surface area contributed by atoms with Crippen LogP contribution in [-0.4, -0.2) is 15.0 Å². The number of hydrogen-bond acceptors (Lipinski definition) is 6. The van der Waals surface area contributed by atoms with E-state index in [1.807, 2.05) is 0 Å². The summed E-state index contributed by atoms with van der Waals surface area (Å²) < 4.78 is 0. The van der Waals surface area contributed by atoms with Crippen molar-refractivity contribution >= 4 is 22.4 Å². The van der Waals surface area contributed by atoms with E-state index in [1.54, 1.807) is 6.20 Å². The molecule has 2 aromatic heterocycles. The van der Waals surface area contributed by atoms with Gasteiger partial charge in [-0.05, 0) is 12.0 Å². The number of nitrogens with zero attached hydrogens (tertiary/aromatic N) is 3. The van der Waals surface area contributed by atoms with Crippen molar-refractivity contribution in [3.8, 4) is 10.6 Å². The molecule has 0 radical (unpaired) electrons. The van der Waals surface area contributed by atoms with Crippen molar-refractivity contribution in [3.05, 3.63) is 17.5 Å². The van der Waals surface area contributed by atoms with Gasteiger partial charge >= 0.3 is 0 Å². The lowest BCUT2D eigenvalue weighted by Crippen LogP contribution is -2.26. The van der Waals surface area contributed by atoms with Crippen LogP contribution in [0.3, 0.4) is 0 Å². The molecule has 0 atom stereocenters. The van der Waals surface area contributed by atoms with Gasteiger partial charge in [0.1, 0.15) is 0 Å². The highest BCUT2D eigenvalue weighted by Crippen LogP contribution is 2.45. The molecule has 2 heterocycles. The van der Waals surface area contributed by atoms with E-state index in [9.17, 15) is 0 Å².